The van der Waals surface area contributed by atoms with Gasteiger partial charge in [-0.3, -0.25) is 4.79 Å². The Labute approximate surface area is 142 Å². The molecule has 0 saturated carbocycles. The van der Waals surface area contributed by atoms with Crippen LogP contribution in [-0.4, -0.2) is 5.91 Å². The van der Waals surface area contributed by atoms with E-state index in [1.807, 2.05) is 13.0 Å². The Morgan fingerprint density at radius 2 is 1.83 bits per heavy atom. The number of anilines is 1. The van der Waals surface area contributed by atoms with Gasteiger partial charge in [-0.1, -0.05) is 24.3 Å². The summed E-state index contributed by atoms with van der Waals surface area (Å²) in [5.41, 5.74) is 4.14. The first-order valence-corrected chi connectivity index (χ1v) is 8.46. The molecule has 4 rings (SSSR count). The maximum Gasteiger partial charge on any atom is 0.260 e. The molecule has 0 spiro atoms. The molecule has 0 fully saturated rings. The number of halogens is 1. The van der Waals surface area contributed by atoms with Gasteiger partial charge < -0.3 is 9.73 Å². The van der Waals surface area contributed by atoms with Crippen molar-refractivity contribution in [3.05, 3.63) is 63.0 Å². The first kappa shape index (κ1) is 14.5. The second-order valence-corrected chi connectivity index (χ2v) is 6.76. The van der Waals surface area contributed by atoms with Gasteiger partial charge in [0.1, 0.15) is 11.5 Å². The molecular formula is C19H16BrNO2. The van der Waals surface area contributed by atoms with Crippen molar-refractivity contribution < 1.29 is 9.21 Å². The fraction of sp³-hybridized carbons (Fsp3) is 0.211. The number of benzene rings is 2. The van der Waals surface area contributed by atoms with Gasteiger partial charge in [-0.25, -0.2) is 0 Å². The molecule has 1 aliphatic carbocycles. The Bertz CT molecular complexity index is 945. The van der Waals surface area contributed by atoms with E-state index in [9.17, 15) is 4.79 Å². The van der Waals surface area contributed by atoms with Crippen molar-refractivity contribution in [2.24, 2.45) is 0 Å². The van der Waals surface area contributed by atoms with Gasteiger partial charge in [0.25, 0.3) is 5.91 Å². The van der Waals surface area contributed by atoms with Crippen LogP contribution in [0.25, 0.3) is 10.8 Å². The van der Waals surface area contributed by atoms with Crippen LogP contribution < -0.4 is 5.32 Å². The van der Waals surface area contributed by atoms with Crippen molar-refractivity contribution in [3.63, 3.8) is 0 Å². The molecule has 1 amide bonds. The molecule has 3 aromatic rings. The third kappa shape index (κ3) is 2.20. The van der Waals surface area contributed by atoms with E-state index < -0.39 is 0 Å². The number of hydrogen-bond acceptors (Lipinski definition) is 2. The summed E-state index contributed by atoms with van der Waals surface area (Å²) in [7, 11) is 0. The molecule has 1 aromatic heterocycles. The number of carbonyl (C=O) groups excluding carboxylic acids is 1. The number of nitrogens with one attached hydrogen (secondary N) is 1. The average molecular weight is 370 g/mol. The standard InChI is InChI=1S/C19H16BrNO2/c1-10-16(18(20)11(2)23-10)19(22)21-15-9-8-13-7-6-12-4-3-5-14(15)17(12)13/h3-5,8-9H,6-7H2,1-2H3,(H,21,22). The van der Waals surface area contributed by atoms with Crippen LogP contribution in [0.2, 0.25) is 0 Å². The summed E-state index contributed by atoms with van der Waals surface area (Å²) in [6.07, 6.45) is 2.16. The van der Waals surface area contributed by atoms with Gasteiger partial charge in [0.15, 0.2) is 0 Å². The largest absolute Gasteiger partial charge is 0.465 e. The van der Waals surface area contributed by atoms with Crippen molar-refractivity contribution in [3.8, 4) is 0 Å². The molecule has 0 bridgehead atoms. The van der Waals surface area contributed by atoms with Crippen LogP contribution in [0.4, 0.5) is 5.69 Å². The molecule has 3 nitrogen and oxygen atoms in total. The Morgan fingerprint density at radius 1 is 1.09 bits per heavy atom. The molecule has 116 valence electrons. The molecular weight excluding hydrogens is 354 g/mol. The van der Waals surface area contributed by atoms with E-state index in [4.69, 9.17) is 4.42 Å². The summed E-state index contributed by atoms with van der Waals surface area (Å²) in [5.74, 6) is 1.19. The van der Waals surface area contributed by atoms with E-state index in [-0.39, 0.29) is 5.91 Å². The van der Waals surface area contributed by atoms with Crippen molar-refractivity contribution in [1.82, 2.24) is 0 Å². The Hall–Kier alpha value is -2.07. The van der Waals surface area contributed by atoms with Crippen molar-refractivity contribution in [2.45, 2.75) is 26.7 Å². The van der Waals surface area contributed by atoms with Crippen LogP contribution in [0.5, 0.6) is 0 Å². The van der Waals surface area contributed by atoms with Gasteiger partial charge in [0.05, 0.1) is 10.0 Å². The number of amides is 1. The van der Waals surface area contributed by atoms with Gasteiger partial charge in [-0.05, 0) is 65.2 Å². The van der Waals surface area contributed by atoms with E-state index in [0.717, 1.165) is 28.4 Å². The maximum atomic E-state index is 12.7. The maximum absolute atomic E-state index is 12.7. The van der Waals surface area contributed by atoms with Gasteiger partial charge in [-0.15, -0.1) is 0 Å². The summed E-state index contributed by atoms with van der Waals surface area (Å²) in [6, 6.07) is 10.4. The van der Waals surface area contributed by atoms with Crippen molar-refractivity contribution in [2.75, 3.05) is 5.32 Å². The van der Waals surface area contributed by atoms with Gasteiger partial charge in [0, 0.05) is 11.1 Å². The molecule has 23 heavy (non-hydrogen) atoms. The molecule has 0 saturated heterocycles. The Kier molecular flexibility index (Phi) is 3.31. The van der Waals surface area contributed by atoms with Gasteiger partial charge >= 0.3 is 0 Å². The van der Waals surface area contributed by atoms with Crippen molar-refractivity contribution >= 4 is 38.3 Å². The van der Waals surface area contributed by atoms with E-state index in [0.29, 0.717) is 17.1 Å². The highest BCUT2D eigenvalue weighted by molar-refractivity contribution is 9.10. The molecule has 1 N–H and O–H groups in total. The quantitative estimate of drug-likeness (QED) is 0.677. The third-order valence-corrected chi connectivity index (χ3v) is 5.49. The number of carbonyl (C=O) groups is 1. The highest BCUT2D eigenvalue weighted by Gasteiger charge is 2.22. The molecule has 1 aliphatic rings. The number of furan rings is 1. The van der Waals surface area contributed by atoms with Crippen LogP contribution in [0, 0.1) is 13.8 Å². The summed E-state index contributed by atoms with van der Waals surface area (Å²) >= 11 is 3.44. The minimum atomic E-state index is -0.148. The number of rotatable bonds is 2. The molecule has 0 atom stereocenters. The Morgan fingerprint density at radius 3 is 2.52 bits per heavy atom. The SMILES string of the molecule is Cc1oc(C)c(C(=O)Nc2ccc3c4c(cccc24)CC3)c1Br. The second-order valence-electron chi connectivity index (χ2n) is 5.97. The minimum absolute atomic E-state index is 0.148. The lowest BCUT2D eigenvalue weighted by Gasteiger charge is -2.10. The van der Waals surface area contributed by atoms with E-state index in [1.54, 1.807) is 6.92 Å². The van der Waals surface area contributed by atoms with Crippen LogP contribution in [-0.2, 0) is 12.8 Å². The molecule has 4 heteroatoms. The van der Waals surface area contributed by atoms with E-state index in [2.05, 4.69) is 45.5 Å². The van der Waals surface area contributed by atoms with Crippen LogP contribution in [0.3, 0.4) is 0 Å². The van der Waals surface area contributed by atoms with Crippen LogP contribution in [0.1, 0.15) is 33.0 Å². The molecule has 0 unspecified atom stereocenters. The summed E-state index contributed by atoms with van der Waals surface area (Å²) in [4.78, 5) is 12.7. The zero-order valence-corrected chi connectivity index (χ0v) is 14.6. The van der Waals surface area contributed by atoms with E-state index >= 15 is 0 Å². The normalized spacial score (nSPS) is 12.8. The zero-order valence-electron chi connectivity index (χ0n) is 13.0. The van der Waals surface area contributed by atoms with Gasteiger partial charge in [-0.2, -0.15) is 0 Å². The number of aryl methyl sites for hydroxylation is 4. The number of hydrogen-bond donors (Lipinski definition) is 1. The summed E-state index contributed by atoms with van der Waals surface area (Å²) in [6.45, 7) is 3.65. The Balaban J connectivity index is 1.78. The first-order valence-electron chi connectivity index (χ1n) is 7.66. The smallest absolute Gasteiger partial charge is 0.260 e. The fourth-order valence-corrected chi connectivity index (χ4v) is 4.00. The molecule has 0 aliphatic heterocycles. The highest BCUT2D eigenvalue weighted by atomic mass is 79.9. The monoisotopic (exact) mass is 369 g/mol. The lowest BCUT2D eigenvalue weighted by Crippen LogP contribution is -2.13. The fourth-order valence-electron chi connectivity index (χ4n) is 3.46. The second kappa shape index (κ2) is 5.24. The van der Waals surface area contributed by atoms with Crippen LogP contribution >= 0.6 is 15.9 Å². The molecule has 0 radical (unpaired) electrons. The zero-order chi connectivity index (χ0) is 16.1. The van der Waals surface area contributed by atoms with Gasteiger partial charge in [0.2, 0.25) is 0 Å². The third-order valence-electron chi connectivity index (χ3n) is 4.54. The lowest BCUT2D eigenvalue weighted by molar-refractivity contribution is 0.102. The molecule has 1 heterocycles. The predicted octanol–water partition coefficient (Wildman–Crippen LogP) is 5.16. The summed E-state index contributed by atoms with van der Waals surface area (Å²) < 4.78 is 6.25. The van der Waals surface area contributed by atoms with Crippen molar-refractivity contribution in [1.29, 1.82) is 0 Å². The minimum Gasteiger partial charge on any atom is -0.465 e. The lowest BCUT2D eigenvalue weighted by atomic mass is 10.0. The van der Waals surface area contributed by atoms with E-state index in [1.165, 1.54) is 16.5 Å². The summed E-state index contributed by atoms with van der Waals surface area (Å²) in [5, 5.41) is 5.46. The highest BCUT2D eigenvalue weighted by Crippen LogP contribution is 2.36. The van der Waals surface area contributed by atoms with Crippen LogP contribution in [0.15, 0.2) is 39.2 Å². The predicted molar refractivity (Wildman–Crippen MR) is 95.2 cm³/mol. The first-order chi connectivity index (χ1) is 11.1. The average Bonchev–Trinajstić information content (AvgIpc) is 3.05. The molecule has 2 aromatic carbocycles. The topological polar surface area (TPSA) is 42.2 Å².